The first kappa shape index (κ1) is 13.9. The summed E-state index contributed by atoms with van der Waals surface area (Å²) < 4.78 is 30.9. The van der Waals surface area contributed by atoms with Crippen molar-refractivity contribution in [2.75, 3.05) is 18.1 Å². The molecular formula is C16H17NO3S. The molecule has 3 rings (SSSR count). The van der Waals surface area contributed by atoms with Gasteiger partial charge in [-0.25, -0.2) is 8.42 Å². The highest BCUT2D eigenvalue weighted by Gasteiger charge is 2.30. The van der Waals surface area contributed by atoms with E-state index < -0.39 is 9.84 Å². The first-order chi connectivity index (χ1) is 9.97. The lowest BCUT2D eigenvalue weighted by atomic mass is 10.0. The van der Waals surface area contributed by atoms with Crippen molar-refractivity contribution in [1.29, 1.82) is 0 Å². The Hall–Kier alpha value is -2.01. The quantitative estimate of drug-likeness (QED) is 0.885. The minimum atomic E-state index is -3.40. The molecule has 0 saturated carbocycles. The van der Waals surface area contributed by atoms with Gasteiger partial charge in [-0.2, -0.15) is 0 Å². The summed E-state index contributed by atoms with van der Waals surface area (Å²) in [5, 5.41) is 0. The number of hydrogen-bond donors (Lipinski definition) is 1. The predicted molar refractivity (Wildman–Crippen MR) is 82.3 cm³/mol. The number of benzene rings is 2. The number of fused-ring (bicyclic) bond motifs is 1. The Bertz CT molecular complexity index is 784. The molecule has 0 saturated heterocycles. The third-order valence-electron chi connectivity index (χ3n) is 3.77. The third-order valence-corrected chi connectivity index (χ3v) is 5.72. The molecule has 2 aromatic carbocycles. The number of ether oxygens (including phenoxy) is 1. The summed E-state index contributed by atoms with van der Waals surface area (Å²) in [6.45, 7) is 2.19. The van der Waals surface area contributed by atoms with E-state index in [4.69, 9.17) is 10.5 Å². The van der Waals surface area contributed by atoms with Gasteiger partial charge in [-0.3, -0.25) is 0 Å². The molecule has 1 unspecified atom stereocenters. The molecule has 0 aliphatic carbocycles. The molecule has 1 heterocycles. The van der Waals surface area contributed by atoms with Crippen LogP contribution in [0.15, 0.2) is 47.4 Å². The third kappa shape index (κ3) is 2.61. The summed E-state index contributed by atoms with van der Waals surface area (Å²) in [5.41, 5.74) is 7.86. The van der Waals surface area contributed by atoms with Gasteiger partial charge >= 0.3 is 0 Å². The van der Waals surface area contributed by atoms with Gasteiger partial charge in [-0.15, -0.1) is 0 Å². The number of rotatable bonds is 3. The Kier molecular flexibility index (Phi) is 3.37. The van der Waals surface area contributed by atoms with Crippen molar-refractivity contribution in [3.8, 4) is 5.75 Å². The van der Waals surface area contributed by atoms with E-state index in [-0.39, 0.29) is 11.7 Å². The smallest absolute Gasteiger partial charge is 0.179 e. The summed E-state index contributed by atoms with van der Waals surface area (Å²) in [5.74, 6) is 0.683. The van der Waals surface area contributed by atoms with Gasteiger partial charge in [0.2, 0.25) is 0 Å². The first-order valence-electron chi connectivity index (χ1n) is 6.78. The topological polar surface area (TPSA) is 69.4 Å². The van der Waals surface area contributed by atoms with Crippen LogP contribution in [0.3, 0.4) is 0 Å². The molecule has 2 N–H and O–H groups in total. The number of para-hydroxylation sites is 1. The summed E-state index contributed by atoms with van der Waals surface area (Å²) in [6.07, 6.45) is 0. The summed E-state index contributed by atoms with van der Waals surface area (Å²) in [7, 11) is -3.40. The van der Waals surface area contributed by atoms with Gasteiger partial charge in [-0.1, -0.05) is 24.3 Å². The van der Waals surface area contributed by atoms with Crippen LogP contribution in [0.5, 0.6) is 5.75 Å². The average Bonchev–Trinajstić information content (AvgIpc) is 2.84. The lowest BCUT2D eigenvalue weighted by Gasteiger charge is -2.12. The molecule has 0 amide bonds. The van der Waals surface area contributed by atoms with Crippen LogP contribution in [0.1, 0.15) is 17.0 Å². The highest BCUT2D eigenvalue weighted by Crippen LogP contribution is 2.35. The SMILES string of the molecule is Cc1ccc(N)cc1S(=O)(=O)CC1COc2ccccc21. The van der Waals surface area contributed by atoms with Crippen LogP contribution in [0, 0.1) is 6.92 Å². The molecule has 21 heavy (non-hydrogen) atoms. The van der Waals surface area contributed by atoms with Crippen molar-refractivity contribution < 1.29 is 13.2 Å². The van der Waals surface area contributed by atoms with E-state index in [9.17, 15) is 8.42 Å². The van der Waals surface area contributed by atoms with Crippen molar-refractivity contribution in [3.63, 3.8) is 0 Å². The van der Waals surface area contributed by atoms with E-state index in [1.165, 1.54) is 6.07 Å². The average molecular weight is 303 g/mol. The van der Waals surface area contributed by atoms with Crippen LogP contribution in [0.25, 0.3) is 0 Å². The standard InChI is InChI=1S/C16H17NO3S/c1-11-6-7-13(17)8-16(11)21(18,19)10-12-9-20-15-5-3-2-4-14(12)15/h2-8,12H,9-10,17H2,1H3. The van der Waals surface area contributed by atoms with E-state index >= 15 is 0 Å². The summed E-state index contributed by atoms with van der Waals surface area (Å²) in [6, 6.07) is 12.6. The molecule has 0 aromatic heterocycles. The van der Waals surface area contributed by atoms with Crippen LogP contribution in [-0.2, 0) is 9.84 Å². The molecular weight excluding hydrogens is 286 g/mol. The first-order valence-corrected chi connectivity index (χ1v) is 8.43. The second kappa shape index (κ2) is 5.07. The molecule has 1 aliphatic rings. The van der Waals surface area contributed by atoms with E-state index in [0.717, 1.165) is 16.9 Å². The van der Waals surface area contributed by atoms with Gasteiger partial charge in [0, 0.05) is 17.2 Å². The largest absolute Gasteiger partial charge is 0.493 e. The minimum Gasteiger partial charge on any atom is -0.493 e. The van der Waals surface area contributed by atoms with Crippen LogP contribution in [0.2, 0.25) is 0 Å². The molecule has 0 radical (unpaired) electrons. The van der Waals surface area contributed by atoms with E-state index in [1.54, 1.807) is 19.1 Å². The van der Waals surface area contributed by atoms with Crippen molar-refractivity contribution in [1.82, 2.24) is 0 Å². The second-order valence-corrected chi connectivity index (χ2v) is 7.35. The highest BCUT2D eigenvalue weighted by molar-refractivity contribution is 7.91. The van der Waals surface area contributed by atoms with Gasteiger partial charge in [-0.05, 0) is 30.7 Å². The van der Waals surface area contributed by atoms with Gasteiger partial charge in [0.1, 0.15) is 5.75 Å². The van der Waals surface area contributed by atoms with Crippen LogP contribution in [-0.4, -0.2) is 20.8 Å². The van der Waals surface area contributed by atoms with Gasteiger partial charge in [0.15, 0.2) is 9.84 Å². The Labute approximate surface area is 124 Å². The fourth-order valence-electron chi connectivity index (χ4n) is 2.67. The van der Waals surface area contributed by atoms with Crippen LogP contribution >= 0.6 is 0 Å². The molecule has 0 bridgehead atoms. The number of aryl methyl sites for hydroxylation is 1. The predicted octanol–water partition coefficient (Wildman–Crippen LogP) is 2.53. The van der Waals surface area contributed by atoms with Crippen LogP contribution in [0.4, 0.5) is 5.69 Å². The fourth-order valence-corrected chi connectivity index (χ4v) is 4.53. The van der Waals surface area contributed by atoms with Crippen molar-refractivity contribution in [2.45, 2.75) is 17.7 Å². The molecule has 1 atom stereocenters. The van der Waals surface area contributed by atoms with Gasteiger partial charge in [0.25, 0.3) is 0 Å². The highest BCUT2D eigenvalue weighted by atomic mass is 32.2. The normalized spacial score (nSPS) is 17.3. The molecule has 110 valence electrons. The lowest BCUT2D eigenvalue weighted by molar-refractivity contribution is 0.337. The Morgan fingerprint density at radius 3 is 2.81 bits per heavy atom. The summed E-state index contributed by atoms with van der Waals surface area (Å²) >= 11 is 0. The summed E-state index contributed by atoms with van der Waals surface area (Å²) in [4.78, 5) is 0.312. The molecule has 1 aliphatic heterocycles. The van der Waals surface area contributed by atoms with E-state index in [0.29, 0.717) is 17.2 Å². The van der Waals surface area contributed by atoms with Gasteiger partial charge in [0.05, 0.1) is 17.3 Å². The van der Waals surface area contributed by atoms with Crippen molar-refractivity contribution >= 4 is 15.5 Å². The van der Waals surface area contributed by atoms with E-state index in [1.807, 2.05) is 24.3 Å². The van der Waals surface area contributed by atoms with E-state index in [2.05, 4.69) is 0 Å². The number of hydrogen-bond acceptors (Lipinski definition) is 4. The fraction of sp³-hybridized carbons (Fsp3) is 0.250. The Morgan fingerprint density at radius 1 is 1.24 bits per heavy atom. The van der Waals surface area contributed by atoms with Gasteiger partial charge < -0.3 is 10.5 Å². The van der Waals surface area contributed by atoms with Crippen molar-refractivity contribution in [3.05, 3.63) is 53.6 Å². The maximum absolute atomic E-state index is 12.7. The van der Waals surface area contributed by atoms with Crippen molar-refractivity contribution in [2.24, 2.45) is 0 Å². The zero-order valence-corrected chi connectivity index (χ0v) is 12.6. The molecule has 0 spiro atoms. The Balaban J connectivity index is 1.93. The minimum absolute atomic E-state index is 0.0360. The molecule has 5 heteroatoms. The molecule has 4 nitrogen and oxygen atoms in total. The molecule has 0 fully saturated rings. The zero-order chi connectivity index (χ0) is 15.0. The lowest BCUT2D eigenvalue weighted by Crippen LogP contribution is -2.17. The second-order valence-electron chi connectivity index (χ2n) is 5.35. The number of nitrogen functional groups attached to an aromatic ring is 1. The number of nitrogens with two attached hydrogens (primary N) is 1. The Morgan fingerprint density at radius 2 is 2.00 bits per heavy atom. The number of anilines is 1. The maximum atomic E-state index is 12.7. The van der Waals surface area contributed by atoms with Crippen LogP contribution < -0.4 is 10.5 Å². The monoisotopic (exact) mass is 303 g/mol. The maximum Gasteiger partial charge on any atom is 0.179 e. The zero-order valence-electron chi connectivity index (χ0n) is 11.7. The molecule has 2 aromatic rings. The number of sulfone groups is 1.